The molecule has 2 rings (SSSR count). The molecular weight excluding hydrogens is 226 g/mol. The number of pyridine rings is 1. The van der Waals surface area contributed by atoms with E-state index in [1.54, 1.807) is 0 Å². The molecule has 2 heterocycles. The van der Waals surface area contributed by atoms with E-state index in [-0.39, 0.29) is 5.69 Å². The predicted molar refractivity (Wildman–Crippen MR) is 55.8 cm³/mol. The molecule has 2 N–H and O–H groups in total. The Labute approximate surface area is 95.0 Å². The van der Waals surface area contributed by atoms with Gasteiger partial charge in [-0.2, -0.15) is 9.78 Å². The van der Waals surface area contributed by atoms with Crippen molar-refractivity contribution in [2.75, 3.05) is 0 Å². The third-order valence-electron chi connectivity index (χ3n) is 2.06. The normalized spacial score (nSPS) is 10.1. The van der Waals surface area contributed by atoms with E-state index in [2.05, 4.69) is 10.1 Å². The first-order valence-corrected chi connectivity index (χ1v) is 4.56. The summed E-state index contributed by atoms with van der Waals surface area (Å²) in [6.07, 6.45) is 1.44. The molecule has 0 saturated heterocycles. The summed E-state index contributed by atoms with van der Waals surface area (Å²) in [4.78, 5) is 24.9. The Bertz CT molecular complexity index is 573. The fourth-order valence-corrected chi connectivity index (χ4v) is 1.26. The summed E-state index contributed by atoms with van der Waals surface area (Å²) < 4.78 is 0.764. The third-order valence-corrected chi connectivity index (χ3v) is 2.06. The minimum Gasteiger partial charge on any atom is -0.477 e. The number of carboxylic acid groups (broad SMARTS) is 2. The van der Waals surface area contributed by atoms with Gasteiger partial charge in [0.25, 0.3) is 0 Å². The average molecular weight is 233 g/mol. The standard InChI is InChI=1S/C10H7N3O4/c14-9(15)8-2-1-6(5-11-8)7-3-4-13(12-7)10(16)17/h1-5H,(H,14,15)(H,16,17). The van der Waals surface area contributed by atoms with Crippen molar-refractivity contribution in [1.29, 1.82) is 0 Å². The van der Waals surface area contributed by atoms with Gasteiger partial charge in [0.1, 0.15) is 5.69 Å². The molecule has 2 aromatic heterocycles. The first-order chi connectivity index (χ1) is 8.08. The molecule has 0 atom stereocenters. The highest BCUT2D eigenvalue weighted by Gasteiger charge is 2.08. The van der Waals surface area contributed by atoms with Crippen LogP contribution in [0.4, 0.5) is 4.79 Å². The summed E-state index contributed by atoms with van der Waals surface area (Å²) in [6, 6.07) is 4.36. The summed E-state index contributed by atoms with van der Waals surface area (Å²) in [5.41, 5.74) is 0.887. The Morgan fingerprint density at radius 3 is 2.41 bits per heavy atom. The van der Waals surface area contributed by atoms with Crippen molar-refractivity contribution in [2.45, 2.75) is 0 Å². The Morgan fingerprint density at radius 1 is 1.18 bits per heavy atom. The minimum atomic E-state index is -1.19. The fourth-order valence-electron chi connectivity index (χ4n) is 1.26. The molecule has 86 valence electrons. The monoisotopic (exact) mass is 233 g/mol. The van der Waals surface area contributed by atoms with Crippen molar-refractivity contribution in [1.82, 2.24) is 14.8 Å². The van der Waals surface area contributed by atoms with E-state index in [0.29, 0.717) is 11.3 Å². The molecule has 0 unspecified atom stereocenters. The van der Waals surface area contributed by atoms with Crippen LogP contribution in [0.1, 0.15) is 10.5 Å². The first-order valence-electron chi connectivity index (χ1n) is 4.56. The zero-order valence-electron chi connectivity index (χ0n) is 8.44. The summed E-state index contributed by atoms with van der Waals surface area (Å²) in [7, 11) is 0. The summed E-state index contributed by atoms with van der Waals surface area (Å²) in [6.45, 7) is 0. The summed E-state index contributed by atoms with van der Waals surface area (Å²) >= 11 is 0. The lowest BCUT2D eigenvalue weighted by atomic mass is 10.2. The van der Waals surface area contributed by atoms with Gasteiger partial charge in [0.15, 0.2) is 0 Å². The highest BCUT2D eigenvalue weighted by molar-refractivity contribution is 5.85. The maximum absolute atomic E-state index is 10.6. The molecule has 17 heavy (non-hydrogen) atoms. The zero-order chi connectivity index (χ0) is 12.4. The van der Waals surface area contributed by atoms with Gasteiger partial charge in [0, 0.05) is 18.0 Å². The molecule has 0 aliphatic heterocycles. The van der Waals surface area contributed by atoms with Crippen LogP contribution < -0.4 is 0 Å². The van der Waals surface area contributed by atoms with Crippen LogP contribution in [0, 0.1) is 0 Å². The number of nitrogens with zero attached hydrogens (tertiary/aromatic N) is 3. The Morgan fingerprint density at radius 2 is 1.94 bits per heavy atom. The maximum Gasteiger partial charge on any atom is 0.432 e. The van der Waals surface area contributed by atoms with Crippen molar-refractivity contribution < 1.29 is 19.8 Å². The van der Waals surface area contributed by atoms with Crippen LogP contribution in [0.2, 0.25) is 0 Å². The van der Waals surface area contributed by atoms with Crippen molar-refractivity contribution >= 4 is 12.1 Å². The molecule has 0 spiro atoms. The molecule has 7 nitrogen and oxygen atoms in total. The van der Waals surface area contributed by atoms with E-state index in [1.807, 2.05) is 0 Å². The van der Waals surface area contributed by atoms with Crippen LogP contribution in [0.15, 0.2) is 30.6 Å². The number of carbonyl (C=O) groups is 2. The highest BCUT2D eigenvalue weighted by Crippen LogP contribution is 2.15. The molecular formula is C10H7N3O4. The largest absolute Gasteiger partial charge is 0.477 e. The SMILES string of the molecule is O=C(O)c1ccc(-c2ccn(C(=O)O)n2)cn1. The Hall–Kier alpha value is -2.70. The van der Waals surface area contributed by atoms with E-state index >= 15 is 0 Å². The zero-order valence-corrected chi connectivity index (χ0v) is 8.44. The van der Waals surface area contributed by atoms with Crippen LogP contribution in [-0.2, 0) is 0 Å². The van der Waals surface area contributed by atoms with Crippen molar-refractivity contribution in [3.8, 4) is 11.3 Å². The second-order valence-corrected chi connectivity index (χ2v) is 3.17. The number of rotatable bonds is 2. The van der Waals surface area contributed by atoms with Gasteiger partial charge in [-0.15, -0.1) is 0 Å². The van der Waals surface area contributed by atoms with Gasteiger partial charge in [-0.25, -0.2) is 14.6 Å². The third kappa shape index (κ3) is 2.12. The summed E-state index contributed by atoms with van der Waals surface area (Å²) in [5, 5.41) is 21.1. The lowest BCUT2D eigenvalue weighted by Gasteiger charge is -1.97. The fraction of sp³-hybridized carbons (Fsp3) is 0. The quantitative estimate of drug-likeness (QED) is 0.806. The molecule has 0 fully saturated rings. The molecule has 7 heteroatoms. The smallest absolute Gasteiger partial charge is 0.432 e. The van der Waals surface area contributed by atoms with E-state index in [9.17, 15) is 9.59 Å². The van der Waals surface area contributed by atoms with Gasteiger partial charge < -0.3 is 10.2 Å². The summed E-state index contributed by atoms with van der Waals surface area (Å²) in [5.74, 6) is -1.12. The molecule has 0 saturated carbocycles. The number of hydrogen-bond donors (Lipinski definition) is 2. The lowest BCUT2D eigenvalue weighted by molar-refractivity contribution is 0.0690. The minimum absolute atomic E-state index is 0.0774. The number of carboxylic acids is 1. The molecule has 0 aliphatic rings. The van der Waals surface area contributed by atoms with E-state index in [4.69, 9.17) is 10.2 Å². The number of aromatic nitrogens is 3. The number of aromatic carboxylic acids is 1. The average Bonchev–Trinajstić information content (AvgIpc) is 2.78. The topological polar surface area (TPSA) is 105 Å². The highest BCUT2D eigenvalue weighted by atomic mass is 16.4. The molecule has 2 aromatic rings. The number of hydrogen-bond acceptors (Lipinski definition) is 4. The van der Waals surface area contributed by atoms with E-state index in [0.717, 1.165) is 4.68 Å². The van der Waals surface area contributed by atoms with Crippen LogP contribution in [0.5, 0.6) is 0 Å². The van der Waals surface area contributed by atoms with Gasteiger partial charge in [-0.3, -0.25) is 0 Å². The van der Waals surface area contributed by atoms with Gasteiger partial charge in [0.05, 0.1) is 5.69 Å². The van der Waals surface area contributed by atoms with E-state index < -0.39 is 12.1 Å². The van der Waals surface area contributed by atoms with Crippen LogP contribution in [-0.4, -0.2) is 37.0 Å². The van der Waals surface area contributed by atoms with Crippen molar-refractivity contribution in [3.63, 3.8) is 0 Å². The van der Waals surface area contributed by atoms with Crippen molar-refractivity contribution in [2.24, 2.45) is 0 Å². The first kappa shape index (κ1) is 10.8. The van der Waals surface area contributed by atoms with E-state index in [1.165, 1.54) is 30.6 Å². The molecule has 0 amide bonds. The van der Waals surface area contributed by atoms with Gasteiger partial charge in [-0.1, -0.05) is 0 Å². The predicted octanol–water partition coefficient (Wildman–Crippen LogP) is 1.17. The molecule has 0 aromatic carbocycles. The van der Waals surface area contributed by atoms with Gasteiger partial charge >= 0.3 is 12.1 Å². The Balaban J connectivity index is 2.33. The van der Waals surface area contributed by atoms with Gasteiger partial charge in [-0.05, 0) is 18.2 Å². The van der Waals surface area contributed by atoms with Crippen molar-refractivity contribution in [3.05, 3.63) is 36.3 Å². The van der Waals surface area contributed by atoms with Crippen LogP contribution in [0.25, 0.3) is 11.3 Å². The molecule has 0 radical (unpaired) electrons. The molecule has 0 bridgehead atoms. The van der Waals surface area contributed by atoms with Gasteiger partial charge in [0.2, 0.25) is 0 Å². The molecule has 0 aliphatic carbocycles. The second-order valence-electron chi connectivity index (χ2n) is 3.17. The Kier molecular flexibility index (Phi) is 2.57. The lowest BCUT2D eigenvalue weighted by Crippen LogP contribution is -2.08. The second kappa shape index (κ2) is 4.05. The van der Waals surface area contributed by atoms with Crippen LogP contribution in [0.3, 0.4) is 0 Å². The maximum atomic E-state index is 10.6. The van der Waals surface area contributed by atoms with Crippen LogP contribution >= 0.6 is 0 Å².